The van der Waals surface area contributed by atoms with Crippen LogP contribution in [0.5, 0.6) is 0 Å². The second kappa shape index (κ2) is 7.62. The first-order chi connectivity index (χ1) is 13.1. The van der Waals surface area contributed by atoms with E-state index >= 15 is 0 Å². The van der Waals surface area contributed by atoms with Gasteiger partial charge in [-0.1, -0.05) is 6.07 Å². The summed E-state index contributed by atoms with van der Waals surface area (Å²) >= 11 is 1.73. The summed E-state index contributed by atoms with van der Waals surface area (Å²) in [6.07, 6.45) is 1.92. The molecule has 2 N–H and O–H groups in total. The number of likely N-dealkylation sites (tertiary alicyclic amines) is 1. The highest BCUT2D eigenvalue weighted by Crippen LogP contribution is 2.19. The molecule has 0 radical (unpaired) electrons. The van der Waals surface area contributed by atoms with Crippen LogP contribution in [0.3, 0.4) is 0 Å². The van der Waals surface area contributed by atoms with Crippen molar-refractivity contribution in [2.24, 2.45) is 0 Å². The van der Waals surface area contributed by atoms with Gasteiger partial charge in [0.05, 0.1) is 11.1 Å². The number of piperidine rings is 1. The summed E-state index contributed by atoms with van der Waals surface area (Å²) in [6, 6.07) is 9.53. The Kier molecular flexibility index (Phi) is 5.05. The highest BCUT2D eigenvalue weighted by Gasteiger charge is 2.23. The Morgan fingerprint density at radius 3 is 3.04 bits per heavy atom. The minimum Gasteiger partial charge on any atom is -0.348 e. The number of aromatic nitrogens is 1. The van der Waals surface area contributed by atoms with Crippen molar-refractivity contribution in [1.29, 1.82) is 0 Å². The standard InChI is InChI=1S/C20H20FN3O2S/c21-13-5-6-16-17(10-19(25)23-18(16)9-13)20(26)22-14-3-1-7-24(11-14)12-15-4-2-8-27-15/h2,4-6,8-10,14H,1,3,7,11-12H2,(H,22,26)(H,23,25)/t14-/m0/s1. The molecule has 1 aliphatic rings. The molecule has 0 aliphatic carbocycles. The number of pyridine rings is 1. The van der Waals surface area contributed by atoms with E-state index in [4.69, 9.17) is 0 Å². The number of rotatable bonds is 4. The zero-order valence-electron chi connectivity index (χ0n) is 14.7. The number of amides is 1. The van der Waals surface area contributed by atoms with E-state index in [-0.39, 0.29) is 17.5 Å². The number of halogens is 1. The molecule has 1 aromatic carbocycles. The SMILES string of the molecule is O=C(N[C@H]1CCCN(Cc2cccs2)C1)c1cc(=O)[nH]c2cc(F)ccc12. The molecule has 140 valence electrons. The van der Waals surface area contributed by atoms with Crippen LogP contribution in [0.1, 0.15) is 28.1 Å². The van der Waals surface area contributed by atoms with Crippen molar-refractivity contribution >= 4 is 28.1 Å². The first kappa shape index (κ1) is 17.9. The van der Waals surface area contributed by atoms with Gasteiger partial charge in [-0.15, -0.1) is 11.3 Å². The number of thiophene rings is 1. The van der Waals surface area contributed by atoms with E-state index in [9.17, 15) is 14.0 Å². The maximum Gasteiger partial charge on any atom is 0.252 e. The molecule has 3 aromatic rings. The van der Waals surface area contributed by atoms with Crippen molar-refractivity contribution < 1.29 is 9.18 Å². The normalized spacial score (nSPS) is 17.9. The van der Waals surface area contributed by atoms with Crippen LogP contribution >= 0.6 is 11.3 Å². The lowest BCUT2D eigenvalue weighted by atomic mass is 10.0. The van der Waals surface area contributed by atoms with Crippen LogP contribution in [0.25, 0.3) is 10.9 Å². The molecule has 0 spiro atoms. The maximum atomic E-state index is 13.4. The lowest BCUT2D eigenvalue weighted by molar-refractivity contribution is 0.0902. The average Bonchev–Trinajstić information content (AvgIpc) is 3.14. The third-order valence-corrected chi connectivity index (χ3v) is 5.71. The van der Waals surface area contributed by atoms with Gasteiger partial charge in [0, 0.05) is 35.5 Å². The number of benzene rings is 1. The first-order valence-corrected chi connectivity index (χ1v) is 9.84. The molecule has 2 aromatic heterocycles. The fourth-order valence-corrected chi connectivity index (χ4v) is 4.37. The second-order valence-corrected chi connectivity index (χ2v) is 7.90. The zero-order valence-corrected chi connectivity index (χ0v) is 15.5. The van der Waals surface area contributed by atoms with Gasteiger partial charge in [-0.3, -0.25) is 14.5 Å². The van der Waals surface area contributed by atoms with Gasteiger partial charge < -0.3 is 10.3 Å². The molecule has 3 heterocycles. The Hall–Kier alpha value is -2.51. The van der Waals surface area contributed by atoms with Gasteiger partial charge in [0.15, 0.2) is 0 Å². The van der Waals surface area contributed by atoms with Gasteiger partial charge in [0.2, 0.25) is 5.56 Å². The number of nitrogens with zero attached hydrogens (tertiary/aromatic N) is 1. The minimum atomic E-state index is -0.452. The molecule has 1 saturated heterocycles. The van der Waals surface area contributed by atoms with E-state index in [1.165, 1.54) is 29.1 Å². The Labute approximate surface area is 159 Å². The molecule has 7 heteroatoms. The van der Waals surface area contributed by atoms with Crippen molar-refractivity contribution in [3.63, 3.8) is 0 Å². The average molecular weight is 385 g/mol. The van der Waals surface area contributed by atoms with Crippen LogP contribution in [0.4, 0.5) is 4.39 Å². The van der Waals surface area contributed by atoms with Crippen LogP contribution in [0, 0.1) is 5.82 Å². The van der Waals surface area contributed by atoms with Gasteiger partial charge >= 0.3 is 0 Å². The molecule has 0 unspecified atom stereocenters. The summed E-state index contributed by atoms with van der Waals surface area (Å²) in [7, 11) is 0. The lowest BCUT2D eigenvalue weighted by Gasteiger charge is -2.32. The molecule has 4 rings (SSSR count). The van der Waals surface area contributed by atoms with Crippen LogP contribution in [0.15, 0.2) is 46.6 Å². The van der Waals surface area contributed by atoms with Crippen molar-refractivity contribution in [1.82, 2.24) is 15.2 Å². The molecule has 1 atom stereocenters. The number of H-pyrrole nitrogens is 1. The summed E-state index contributed by atoms with van der Waals surface area (Å²) in [4.78, 5) is 30.9. The van der Waals surface area contributed by atoms with Gasteiger partial charge in [-0.05, 0) is 49.0 Å². The van der Waals surface area contributed by atoms with Crippen molar-refractivity contribution in [2.45, 2.75) is 25.4 Å². The lowest BCUT2D eigenvalue weighted by Crippen LogP contribution is -2.47. The van der Waals surface area contributed by atoms with E-state index in [1.807, 2.05) is 6.07 Å². The van der Waals surface area contributed by atoms with E-state index in [0.717, 1.165) is 32.5 Å². The summed E-state index contributed by atoms with van der Waals surface area (Å²) in [5.74, 6) is -0.743. The molecule has 1 amide bonds. The first-order valence-electron chi connectivity index (χ1n) is 8.97. The molecule has 0 saturated carbocycles. The maximum absolute atomic E-state index is 13.4. The third kappa shape index (κ3) is 4.09. The number of carbonyl (C=O) groups is 1. The Morgan fingerprint density at radius 2 is 2.22 bits per heavy atom. The Balaban J connectivity index is 1.50. The van der Waals surface area contributed by atoms with Crippen LogP contribution in [-0.4, -0.2) is 34.9 Å². The number of aromatic amines is 1. The molecule has 27 heavy (non-hydrogen) atoms. The molecule has 5 nitrogen and oxygen atoms in total. The largest absolute Gasteiger partial charge is 0.348 e. The van der Waals surface area contributed by atoms with Gasteiger partial charge in [-0.2, -0.15) is 0 Å². The van der Waals surface area contributed by atoms with Crippen molar-refractivity contribution in [2.75, 3.05) is 13.1 Å². The second-order valence-electron chi connectivity index (χ2n) is 6.86. The molecular weight excluding hydrogens is 365 g/mol. The van der Waals surface area contributed by atoms with Gasteiger partial charge in [-0.25, -0.2) is 4.39 Å². The summed E-state index contributed by atoms with van der Waals surface area (Å²) in [6.45, 7) is 2.67. The quantitative estimate of drug-likeness (QED) is 0.725. The number of hydrogen-bond acceptors (Lipinski definition) is 4. The van der Waals surface area contributed by atoms with Crippen LogP contribution in [-0.2, 0) is 6.54 Å². The van der Waals surface area contributed by atoms with Crippen molar-refractivity contribution in [3.05, 3.63) is 68.4 Å². The van der Waals surface area contributed by atoms with E-state index in [0.29, 0.717) is 10.9 Å². The van der Waals surface area contributed by atoms with Gasteiger partial charge in [0.1, 0.15) is 5.82 Å². The topological polar surface area (TPSA) is 65.2 Å². The fourth-order valence-electron chi connectivity index (χ4n) is 3.62. The smallest absolute Gasteiger partial charge is 0.252 e. The van der Waals surface area contributed by atoms with E-state index in [1.54, 1.807) is 11.3 Å². The Bertz CT molecular complexity index is 1020. The number of carbonyl (C=O) groups excluding carboxylic acids is 1. The third-order valence-electron chi connectivity index (χ3n) is 4.85. The monoisotopic (exact) mass is 385 g/mol. The predicted octanol–water partition coefficient (Wildman–Crippen LogP) is 3.12. The summed E-state index contributed by atoms with van der Waals surface area (Å²) in [5, 5.41) is 5.67. The van der Waals surface area contributed by atoms with Crippen LogP contribution < -0.4 is 10.9 Å². The molecule has 1 fully saturated rings. The fraction of sp³-hybridized carbons (Fsp3) is 0.300. The number of fused-ring (bicyclic) bond motifs is 1. The summed E-state index contributed by atoms with van der Waals surface area (Å²) in [5.41, 5.74) is 0.195. The predicted molar refractivity (Wildman–Crippen MR) is 105 cm³/mol. The minimum absolute atomic E-state index is 0.0287. The highest BCUT2D eigenvalue weighted by molar-refractivity contribution is 7.09. The van der Waals surface area contributed by atoms with Crippen molar-refractivity contribution in [3.8, 4) is 0 Å². The summed E-state index contributed by atoms with van der Waals surface area (Å²) < 4.78 is 13.4. The molecule has 0 bridgehead atoms. The van der Waals surface area contributed by atoms with E-state index in [2.05, 4.69) is 26.6 Å². The number of nitrogens with one attached hydrogen (secondary N) is 2. The van der Waals surface area contributed by atoms with Gasteiger partial charge in [0.25, 0.3) is 5.91 Å². The number of hydrogen-bond donors (Lipinski definition) is 2. The van der Waals surface area contributed by atoms with Crippen LogP contribution in [0.2, 0.25) is 0 Å². The molecule has 1 aliphatic heterocycles. The highest BCUT2D eigenvalue weighted by atomic mass is 32.1. The molecular formula is C20H20FN3O2S. The van der Waals surface area contributed by atoms with E-state index < -0.39 is 11.4 Å². The Morgan fingerprint density at radius 1 is 1.33 bits per heavy atom. The zero-order chi connectivity index (χ0) is 18.8.